The number of nitrogens with zero attached hydrogens (tertiary/aromatic N) is 1. The number of carboxylic acid groups (broad SMARTS) is 1. The molecular weight excluding hydrogens is 348 g/mol. The van der Waals surface area contributed by atoms with Crippen LogP contribution in [0.1, 0.15) is 45.3 Å². The predicted octanol–water partition coefficient (Wildman–Crippen LogP) is 3.13. The number of para-hydroxylation sites is 1. The molecule has 1 aliphatic heterocycles. The number of ether oxygens (including phenoxy) is 2. The van der Waals surface area contributed by atoms with Crippen LogP contribution in [0.3, 0.4) is 0 Å². The average Bonchev–Trinajstić information content (AvgIpc) is 3.51. The Labute approximate surface area is 156 Å². The number of anilines is 1. The highest BCUT2D eigenvalue weighted by atomic mass is 16.5. The largest absolute Gasteiger partial charge is 0.493 e. The van der Waals surface area contributed by atoms with Gasteiger partial charge in [0, 0.05) is 17.3 Å². The van der Waals surface area contributed by atoms with Crippen LogP contribution >= 0.6 is 0 Å². The minimum atomic E-state index is -1.13. The number of methoxy groups -OCH3 is 2. The first-order valence-corrected chi connectivity index (χ1v) is 8.73. The molecule has 0 aromatic heterocycles. The average molecular weight is 368 g/mol. The van der Waals surface area contributed by atoms with Crippen molar-refractivity contribution < 1.29 is 24.2 Å². The lowest BCUT2D eigenvalue weighted by atomic mass is 9.98. The summed E-state index contributed by atoms with van der Waals surface area (Å²) in [6.45, 7) is 0. The molecule has 0 spiro atoms. The Morgan fingerprint density at radius 3 is 2.52 bits per heavy atom. The second kappa shape index (κ2) is 6.50. The molecular formula is C20H20N2O5. The van der Waals surface area contributed by atoms with Gasteiger partial charge in [0.05, 0.1) is 19.8 Å². The number of carbonyl (C=O) groups is 2. The van der Waals surface area contributed by atoms with Crippen LogP contribution in [0, 0.1) is 0 Å². The second-order valence-electron chi connectivity index (χ2n) is 6.61. The minimum Gasteiger partial charge on any atom is -0.493 e. The van der Waals surface area contributed by atoms with Gasteiger partial charge in [0.15, 0.2) is 11.5 Å². The zero-order chi connectivity index (χ0) is 19.1. The molecule has 1 aliphatic carbocycles. The van der Waals surface area contributed by atoms with E-state index in [1.54, 1.807) is 23.1 Å². The van der Waals surface area contributed by atoms with Crippen molar-refractivity contribution in [1.82, 2.24) is 4.90 Å². The van der Waals surface area contributed by atoms with Crippen LogP contribution in [0.4, 0.5) is 5.69 Å². The Hall–Kier alpha value is -3.22. The van der Waals surface area contributed by atoms with Gasteiger partial charge in [0.2, 0.25) is 0 Å². The second-order valence-corrected chi connectivity index (χ2v) is 6.61. The molecule has 0 bridgehead atoms. The van der Waals surface area contributed by atoms with Crippen LogP contribution in [0.5, 0.6) is 11.5 Å². The number of aromatic carboxylic acids is 1. The summed E-state index contributed by atoms with van der Waals surface area (Å²) >= 11 is 0. The molecule has 1 atom stereocenters. The molecule has 140 valence electrons. The van der Waals surface area contributed by atoms with Crippen LogP contribution in [0.2, 0.25) is 0 Å². The van der Waals surface area contributed by atoms with E-state index in [1.807, 2.05) is 18.2 Å². The van der Waals surface area contributed by atoms with E-state index in [4.69, 9.17) is 9.47 Å². The molecule has 7 nitrogen and oxygen atoms in total. The summed E-state index contributed by atoms with van der Waals surface area (Å²) in [5.74, 6) is -0.752. The molecule has 1 heterocycles. The van der Waals surface area contributed by atoms with Gasteiger partial charge < -0.3 is 24.8 Å². The van der Waals surface area contributed by atoms with E-state index < -0.39 is 12.1 Å². The van der Waals surface area contributed by atoms with Gasteiger partial charge in [-0.15, -0.1) is 0 Å². The number of nitrogens with one attached hydrogen (secondary N) is 1. The summed E-state index contributed by atoms with van der Waals surface area (Å²) in [5, 5.41) is 13.2. The lowest BCUT2D eigenvalue weighted by molar-refractivity contribution is 0.0639. The SMILES string of the molecule is COc1ccc([C@H]2Nc3ccccc3C(=O)N2C2CC2)c(C(=O)O)c1OC. The predicted molar refractivity (Wildman–Crippen MR) is 98.5 cm³/mol. The number of benzene rings is 2. The first-order chi connectivity index (χ1) is 13.1. The molecule has 0 radical (unpaired) electrons. The molecule has 0 saturated heterocycles. The Morgan fingerprint density at radius 2 is 1.89 bits per heavy atom. The highest BCUT2D eigenvalue weighted by Gasteiger charge is 2.43. The number of carboxylic acids is 1. The van der Waals surface area contributed by atoms with Gasteiger partial charge in [-0.25, -0.2) is 4.79 Å². The first-order valence-electron chi connectivity index (χ1n) is 8.73. The van der Waals surface area contributed by atoms with Crippen LogP contribution in [-0.4, -0.2) is 42.1 Å². The number of rotatable bonds is 5. The van der Waals surface area contributed by atoms with Gasteiger partial charge in [0.25, 0.3) is 5.91 Å². The maximum atomic E-state index is 13.1. The van der Waals surface area contributed by atoms with Gasteiger partial charge in [-0.1, -0.05) is 18.2 Å². The van der Waals surface area contributed by atoms with Crippen molar-refractivity contribution in [3.05, 3.63) is 53.1 Å². The normalized spacial score (nSPS) is 18.5. The van der Waals surface area contributed by atoms with Crippen LogP contribution < -0.4 is 14.8 Å². The summed E-state index contributed by atoms with van der Waals surface area (Å²) in [6.07, 6.45) is 1.22. The Morgan fingerprint density at radius 1 is 1.15 bits per heavy atom. The smallest absolute Gasteiger partial charge is 0.340 e. The highest BCUT2D eigenvalue weighted by Crippen LogP contribution is 2.44. The number of hydrogen-bond donors (Lipinski definition) is 2. The van der Waals surface area contributed by atoms with Crippen molar-refractivity contribution in [3.8, 4) is 11.5 Å². The number of fused-ring (bicyclic) bond motifs is 1. The zero-order valence-corrected chi connectivity index (χ0v) is 15.1. The van der Waals surface area contributed by atoms with Gasteiger partial charge in [-0.2, -0.15) is 0 Å². The molecule has 1 fully saturated rings. The monoisotopic (exact) mass is 368 g/mol. The molecule has 2 aromatic carbocycles. The van der Waals surface area contributed by atoms with Crippen molar-refractivity contribution >= 4 is 17.6 Å². The zero-order valence-electron chi connectivity index (χ0n) is 15.1. The van der Waals surface area contributed by atoms with Crippen molar-refractivity contribution in [3.63, 3.8) is 0 Å². The highest BCUT2D eigenvalue weighted by molar-refractivity contribution is 6.02. The summed E-state index contributed by atoms with van der Waals surface area (Å²) in [7, 11) is 2.86. The molecule has 2 aliphatic rings. The van der Waals surface area contributed by atoms with E-state index in [0.29, 0.717) is 22.6 Å². The quantitative estimate of drug-likeness (QED) is 0.843. The minimum absolute atomic E-state index is 0.00724. The van der Waals surface area contributed by atoms with Crippen molar-refractivity contribution in [1.29, 1.82) is 0 Å². The topological polar surface area (TPSA) is 88.1 Å². The fourth-order valence-electron chi connectivity index (χ4n) is 3.62. The fourth-order valence-corrected chi connectivity index (χ4v) is 3.62. The van der Waals surface area contributed by atoms with Crippen molar-refractivity contribution in [2.45, 2.75) is 25.0 Å². The van der Waals surface area contributed by atoms with E-state index in [1.165, 1.54) is 14.2 Å². The summed E-state index contributed by atoms with van der Waals surface area (Å²) in [4.78, 5) is 26.9. The summed E-state index contributed by atoms with van der Waals surface area (Å²) in [6, 6.07) is 10.7. The van der Waals surface area contributed by atoms with Gasteiger partial charge >= 0.3 is 5.97 Å². The number of carbonyl (C=O) groups excluding carboxylic acids is 1. The molecule has 7 heteroatoms. The third-order valence-electron chi connectivity index (χ3n) is 4.99. The van der Waals surface area contributed by atoms with Gasteiger partial charge in [0.1, 0.15) is 11.7 Å². The fraction of sp³-hybridized carbons (Fsp3) is 0.300. The van der Waals surface area contributed by atoms with Crippen molar-refractivity contribution in [2.24, 2.45) is 0 Å². The Bertz CT molecular complexity index is 923. The molecule has 1 amide bonds. The summed E-state index contributed by atoms with van der Waals surface area (Å²) < 4.78 is 10.6. The first kappa shape index (κ1) is 17.2. The third kappa shape index (κ3) is 2.75. The standard InChI is InChI=1S/C20H20N2O5/c1-26-15-10-9-13(16(20(24)25)17(15)27-2)18-21-14-6-4-3-5-12(14)19(23)22(18)11-7-8-11/h3-6,9-11,18,21H,7-8H2,1-2H3,(H,24,25)/t18-/m0/s1. The molecule has 2 aromatic rings. The third-order valence-corrected chi connectivity index (χ3v) is 4.99. The van der Waals surface area contributed by atoms with E-state index in [2.05, 4.69) is 5.32 Å². The van der Waals surface area contributed by atoms with Crippen LogP contribution in [0.15, 0.2) is 36.4 Å². The molecule has 0 unspecified atom stereocenters. The van der Waals surface area contributed by atoms with Gasteiger partial charge in [-0.3, -0.25) is 4.79 Å². The molecule has 2 N–H and O–H groups in total. The van der Waals surface area contributed by atoms with Crippen LogP contribution in [0.25, 0.3) is 0 Å². The molecule has 27 heavy (non-hydrogen) atoms. The Kier molecular flexibility index (Phi) is 4.14. The maximum Gasteiger partial charge on any atom is 0.340 e. The lowest BCUT2D eigenvalue weighted by Gasteiger charge is -2.39. The number of amides is 1. The van der Waals surface area contributed by atoms with Crippen LogP contribution in [-0.2, 0) is 0 Å². The molecule has 4 rings (SSSR count). The van der Waals surface area contributed by atoms with E-state index in [0.717, 1.165) is 12.8 Å². The lowest BCUT2D eigenvalue weighted by Crippen LogP contribution is -2.44. The van der Waals surface area contributed by atoms with Crippen molar-refractivity contribution in [2.75, 3.05) is 19.5 Å². The maximum absolute atomic E-state index is 13.1. The van der Waals surface area contributed by atoms with Gasteiger partial charge in [-0.05, 0) is 31.0 Å². The van der Waals surface area contributed by atoms with E-state index >= 15 is 0 Å². The van der Waals surface area contributed by atoms with E-state index in [-0.39, 0.29) is 23.3 Å². The Balaban J connectivity index is 1.89. The molecule has 1 saturated carbocycles. The number of hydrogen-bond acceptors (Lipinski definition) is 5. The van der Waals surface area contributed by atoms with E-state index in [9.17, 15) is 14.7 Å². The summed E-state index contributed by atoms with van der Waals surface area (Å²) in [5.41, 5.74) is 1.75.